The Bertz CT molecular complexity index is 1450. The summed E-state index contributed by atoms with van der Waals surface area (Å²) in [6, 6.07) is 3.74. The van der Waals surface area contributed by atoms with E-state index in [9.17, 15) is 23.6 Å². The zero-order valence-corrected chi connectivity index (χ0v) is 20.8. The number of carbonyl (C=O) groups is 3. The molecule has 0 spiro atoms. The number of fused-ring (bicyclic) bond motifs is 2. The average molecular weight is 511 g/mol. The van der Waals surface area contributed by atoms with Crippen LogP contribution in [0.4, 0.5) is 10.2 Å². The maximum atomic E-state index is 13.4. The number of hydrogen-bond donors (Lipinski definition) is 1. The summed E-state index contributed by atoms with van der Waals surface area (Å²) >= 11 is 0. The minimum atomic E-state index is -0.547. The average Bonchev–Trinajstić information content (AvgIpc) is 3.46. The van der Waals surface area contributed by atoms with Crippen molar-refractivity contribution in [1.82, 2.24) is 33.9 Å². The number of aromatic nitrogens is 4. The third kappa shape index (κ3) is 4.46. The molecule has 3 aromatic rings. The molecule has 3 aromatic heterocycles. The van der Waals surface area contributed by atoms with E-state index in [0.717, 1.165) is 29.9 Å². The van der Waals surface area contributed by atoms with Gasteiger partial charge in [-0.15, -0.1) is 0 Å². The number of piperazine rings is 1. The summed E-state index contributed by atoms with van der Waals surface area (Å²) in [5, 5.41) is 6.88. The maximum Gasteiger partial charge on any atom is 0.280 e. The molecule has 0 radical (unpaired) electrons. The number of pyridine rings is 1. The predicted octanol–water partition coefficient (Wildman–Crippen LogP) is 0.421. The van der Waals surface area contributed by atoms with Gasteiger partial charge in [0.05, 0.1) is 18.3 Å². The Kier molecular flexibility index (Phi) is 6.23. The van der Waals surface area contributed by atoms with E-state index in [0.29, 0.717) is 13.1 Å². The van der Waals surface area contributed by atoms with E-state index in [1.54, 1.807) is 4.90 Å². The van der Waals surface area contributed by atoms with Gasteiger partial charge in [0.25, 0.3) is 17.4 Å². The van der Waals surface area contributed by atoms with E-state index in [4.69, 9.17) is 0 Å². The monoisotopic (exact) mass is 510 g/mol. The van der Waals surface area contributed by atoms with Crippen LogP contribution in [0.25, 0.3) is 5.65 Å². The molecule has 2 aliphatic rings. The van der Waals surface area contributed by atoms with Gasteiger partial charge in [0.15, 0.2) is 5.69 Å². The molecule has 5 heterocycles. The van der Waals surface area contributed by atoms with Gasteiger partial charge in [-0.1, -0.05) is 0 Å². The molecule has 1 fully saturated rings. The van der Waals surface area contributed by atoms with Gasteiger partial charge in [-0.3, -0.25) is 19.2 Å². The Morgan fingerprint density at radius 2 is 1.86 bits per heavy atom. The molecule has 0 unspecified atom stereocenters. The highest BCUT2D eigenvalue weighted by Gasteiger charge is 2.37. The lowest BCUT2D eigenvalue weighted by molar-refractivity contribution is -0.116. The summed E-state index contributed by atoms with van der Waals surface area (Å²) < 4.78 is 15.7. The molecule has 1 saturated heterocycles. The summed E-state index contributed by atoms with van der Waals surface area (Å²) in [7, 11) is 1.98. The summed E-state index contributed by atoms with van der Waals surface area (Å²) in [6.07, 6.45) is 0.974. The van der Waals surface area contributed by atoms with Gasteiger partial charge in [-0.25, -0.2) is 9.37 Å². The van der Waals surface area contributed by atoms with Crippen molar-refractivity contribution in [2.75, 3.05) is 38.5 Å². The lowest BCUT2D eigenvalue weighted by atomic mass is 10.2. The maximum absolute atomic E-state index is 13.4. The van der Waals surface area contributed by atoms with Gasteiger partial charge in [0, 0.05) is 38.3 Å². The van der Waals surface area contributed by atoms with E-state index >= 15 is 0 Å². The van der Waals surface area contributed by atoms with Crippen molar-refractivity contribution in [1.29, 1.82) is 0 Å². The predicted molar refractivity (Wildman–Crippen MR) is 131 cm³/mol. The van der Waals surface area contributed by atoms with Gasteiger partial charge < -0.3 is 24.6 Å². The molecule has 0 bridgehead atoms. The number of anilines is 1. The lowest BCUT2D eigenvalue weighted by Crippen LogP contribution is -2.47. The fourth-order valence-corrected chi connectivity index (χ4v) is 4.61. The Labute approximate surface area is 211 Å². The van der Waals surface area contributed by atoms with E-state index in [1.165, 1.54) is 21.6 Å². The molecule has 2 aliphatic heterocycles. The Morgan fingerprint density at radius 3 is 2.51 bits per heavy atom. The first-order chi connectivity index (χ1) is 17.6. The smallest absolute Gasteiger partial charge is 0.280 e. The standard InChI is InChI=1S/C24H27FN8O4/c1-14(2)31-12-16-21(24(31)37)32(13-19(34)27-18-5-4-15(25)11-26-18)20-10-17(28-33(20)22(16)35)23(36)30-8-6-29(3)7-9-30/h4-5,10-11,14H,6-9,12-13H2,1-3H3,(H,26,27,34). The van der Waals surface area contributed by atoms with Crippen LogP contribution in [0.2, 0.25) is 0 Å². The number of carbonyl (C=O) groups excluding carboxylic acids is 3. The molecule has 1 N–H and O–H groups in total. The number of nitrogens with zero attached hydrogens (tertiary/aromatic N) is 7. The number of likely N-dealkylation sites (N-methyl/N-ethyl adjacent to an activating group) is 1. The third-order valence-corrected chi connectivity index (χ3v) is 6.69. The minimum Gasteiger partial charge on any atom is -0.335 e. The first-order valence-corrected chi connectivity index (χ1v) is 12.0. The molecular formula is C24H27FN8O4. The molecule has 12 nitrogen and oxygen atoms in total. The fraction of sp³-hybridized carbons (Fsp3) is 0.417. The largest absolute Gasteiger partial charge is 0.335 e. The van der Waals surface area contributed by atoms with E-state index in [1.807, 2.05) is 20.9 Å². The number of hydrogen-bond acceptors (Lipinski definition) is 7. The van der Waals surface area contributed by atoms with E-state index < -0.39 is 17.3 Å². The summed E-state index contributed by atoms with van der Waals surface area (Å²) in [5.74, 6) is -1.66. The van der Waals surface area contributed by atoms with Crippen molar-refractivity contribution in [3.63, 3.8) is 0 Å². The molecule has 37 heavy (non-hydrogen) atoms. The fourth-order valence-electron chi connectivity index (χ4n) is 4.61. The van der Waals surface area contributed by atoms with Crippen molar-refractivity contribution in [2.45, 2.75) is 33.0 Å². The Hall–Kier alpha value is -4.13. The summed E-state index contributed by atoms with van der Waals surface area (Å²) in [5.41, 5.74) is 0.0125. The van der Waals surface area contributed by atoms with E-state index in [-0.39, 0.29) is 59.4 Å². The van der Waals surface area contributed by atoms with Gasteiger partial charge in [0.2, 0.25) is 5.91 Å². The van der Waals surface area contributed by atoms with Crippen LogP contribution in [-0.2, 0) is 17.9 Å². The van der Waals surface area contributed by atoms with Crippen LogP contribution >= 0.6 is 0 Å². The van der Waals surface area contributed by atoms with E-state index in [2.05, 4.69) is 20.3 Å². The molecule has 13 heteroatoms. The highest BCUT2D eigenvalue weighted by atomic mass is 19.1. The Balaban J connectivity index is 1.56. The van der Waals surface area contributed by atoms with Crippen molar-refractivity contribution >= 4 is 29.2 Å². The summed E-state index contributed by atoms with van der Waals surface area (Å²) in [6.45, 7) is 5.89. The van der Waals surface area contributed by atoms with Crippen LogP contribution < -0.4 is 10.9 Å². The Morgan fingerprint density at radius 1 is 1.14 bits per heavy atom. The molecular weight excluding hydrogens is 483 g/mol. The van der Waals surface area contributed by atoms with Gasteiger partial charge >= 0.3 is 0 Å². The topological polar surface area (TPSA) is 125 Å². The SMILES string of the molecule is CC(C)N1Cc2c(n(CC(=O)Nc3ccc(F)cn3)c3cc(C(=O)N4CCN(C)CC4)nn3c2=O)C1=O. The minimum absolute atomic E-state index is 0.0628. The van der Waals surface area contributed by atoms with Crippen LogP contribution in [0, 0.1) is 5.82 Å². The zero-order chi connectivity index (χ0) is 26.4. The molecule has 194 valence electrons. The van der Waals surface area contributed by atoms with Crippen LogP contribution in [0.15, 0.2) is 29.2 Å². The van der Waals surface area contributed by atoms with Crippen molar-refractivity contribution in [3.05, 3.63) is 57.5 Å². The lowest BCUT2D eigenvalue weighted by Gasteiger charge is -2.31. The quantitative estimate of drug-likeness (QED) is 0.527. The number of rotatable bonds is 5. The molecule has 5 rings (SSSR count). The third-order valence-electron chi connectivity index (χ3n) is 6.69. The number of amides is 3. The van der Waals surface area contributed by atoms with Crippen LogP contribution in [0.5, 0.6) is 0 Å². The molecule has 3 amide bonds. The second-order valence-electron chi connectivity index (χ2n) is 9.55. The van der Waals surface area contributed by atoms with Crippen molar-refractivity contribution < 1.29 is 18.8 Å². The normalized spacial score (nSPS) is 16.1. The van der Waals surface area contributed by atoms with Gasteiger partial charge in [0.1, 0.15) is 29.5 Å². The highest BCUT2D eigenvalue weighted by molar-refractivity contribution is 5.99. The van der Waals surface area contributed by atoms with Crippen LogP contribution in [0.1, 0.15) is 40.4 Å². The van der Waals surface area contributed by atoms with Crippen molar-refractivity contribution in [3.8, 4) is 0 Å². The zero-order valence-electron chi connectivity index (χ0n) is 20.8. The number of halogens is 1. The highest BCUT2D eigenvalue weighted by Crippen LogP contribution is 2.25. The first-order valence-electron chi connectivity index (χ1n) is 12.0. The van der Waals surface area contributed by atoms with Gasteiger partial charge in [-0.05, 0) is 33.0 Å². The molecule has 0 aliphatic carbocycles. The van der Waals surface area contributed by atoms with Crippen LogP contribution in [-0.4, -0.2) is 90.9 Å². The van der Waals surface area contributed by atoms with Crippen molar-refractivity contribution in [2.24, 2.45) is 0 Å². The number of nitrogens with one attached hydrogen (secondary N) is 1. The molecule has 0 aromatic carbocycles. The van der Waals surface area contributed by atoms with Gasteiger partial charge in [-0.2, -0.15) is 9.61 Å². The summed E-state index contributed by atoms with van der Waals surface area (Å²) in [4.78, 5) is 62.0. The van der Waals surface area contributed by atoms with Crippen LogP contribution in [0.3, 0.4) is 0 Å². The second kappa shape index (κ2) is 9.39. The molecule has 0 saturated carbocycles. The molecule has 0 atom stereocenters. The first kappa shape index (κ1) is 24.6. The second-order valence-corrected chi connectivity index (χ2v) is 9.55.